The van der Waals surface area contributed by atoms with E-state index in [0.29, 0.717) is 0 Å². The zero-order valence-electron chi connectivity index (χ0n) is 6.42. The molecule has 0 unspecified atom stereocenters. The molecule has 0 aromatic carbocycles. The number of allylic oxidation sites excluding steroid dienone is 2. The second-order valence-electron chi connectivity index (χ2n) is 1.67. The number of rotatable bonds is 2. The van der Waals surface area contributed by atoms with E-state index in [0.717, 1.165) is 12.4 Å². The SMILES string of the molecule is CCOC1=CC=C=C[CH-]1.[Li+]. The molecule has 0 heterocycles. The van der Waals surface area contributed by atoms with E-state index >= 15 is 0 Å². The molecular weight excluding hydrogens is 119 g/mol. The van der Waals surface area contributed by atoms with E-state index in [4.69, 9.17) is 4.74 Å². The van der Waals surface area contributed by atoms with Crippen molar-refractivity contribution in [2.24, 2.45) is 0 Å². The average Bonchev–Trinajstić information content (AvgIpc) is 1.91. The van der Waals surface area contributed by atoms with Crippen molar-refractivity contribution < 1.29 is 23.6 Å². The maximum atomic E-state index is 5.19. The van der Waals surface area contributed by atoms with Crippen LogP contribution in [0.3, 0.4) is 0 Å². The Kier molecular flexibility index (Phi) is 5.07. The zero-order valence-corrected chi connectivity index (χ0v) is 6.42. The van der Waals surface area contributed by atoms with Crippen LogP contribution in [0.4, 0.5) is 0 Å². The Labute approximate surface area is 73.6 Å². The molecule has 0 aliphatic heterocycles. The van der Waals surface area contributed by atoms with Gasteiger partial charge >= 0.3 is 18.9 Å². The molecule has 0 amide bonds. The van der Waals surface area contributed by atoms with E-state index in [2.05, 4.69) is 5.73 Å². The molecule has 1 nitrogen and oxygen atoms in total. The molecule has 1 aliphatic carbocycles. The first-order valence-corrected chi connectivity index (χ1v) is 3.02. The first-order chi connectivity index (χ1) is 4.43. The largest absolute Gasteiger partial charge is 1.00 e. The van der Waals surface area contributed by atoms with E-state index in [1.807, 2.05) is 31.6 Å². The van der Waals surface area contributed by atoms with Crippen LogP contribution >= 0.6 is 0 Å². The summed E-state index contributed by atoms with van der Waals surface area (Å²) < 4.78 is 5.19. The van der Waals surface area contributed by atoms with Crippen molar-refractivity contribution in [1.29, 1.82) is 0 Å². The molecule has 1 rings (SSSR count). The Balaban J connectivity index is 0.000000810. The predicted octanol–water partition coefficient (Wildman–Crippen LogP) is -1.16. The molecule has 0 bridgehead atoms. The van der Waals surface area contributed by atoms with Crippen LogP contribution in [0.5, 0.6) is 0 Å². The van der Waals surface area contributed by atoms with Crippen LogP contribution < -0.4 is 18.9 Å². The van der Waals surface area contributed by atoms with Gasteiger partial charge < -0.3 is 4.74 Å². The van der Waals surface area contributed by atoms with Crippen molar-refractivity contribution in [3.63, 3.8) is 0 Å². The Bertz CT molecular complexity index is 176. The summed E-state index contributed by atoms with van der Waals surface area (Å²) in [4.78, 5) is 0. The predicted molar refractivity (Wildman–Crippen MR) is 36.7 cm³/mol. The maximum absolute atomic E-state index is 5.19. The van der Waals surface area contributed by atoms with E-state index in [9.17, 15) is 0 Å². The van der Waals surface area contributed by atoms with Gasteiger partial charge in [-0.3, -0.25) is 5.73 Å². The molecule has 0 aromatic rings. The van der Waals surface area contributed by atoms with Gasteiger partial charge in [-0.25, -0.2) is 0 Å². The van der Waals surface area contributed by atoms with Crippen molar-refractivity contribution in [3.8, 4) is 0 Å². The topological polar surface area (TPSA) is 9.23 Å². The van der Waals surface area contributed by atoms with Crippen molar-refractivity contribution in [1.82, 2.24) is 0 Å². The van der Waals surface area contributed by atoms with Gasteiger partial charge in [-0.15, -0.1) is 24.6 Å². The quantitative estimate of drug-likeness (QED) is 0.259. The first kappa shape index (κ1) is 9.53. The molecule has 0 atom stereocenters. The molecule has 0 fully saturated rings. The smallest absolute Gasteiger partial charge is 0.519 e. The molecule has 0 N–H and O–H groups in total. The minimum atomic E-state index is 0. The summed E-state index contributed by atoms with van der Waals surface area (Å²) in [5.41, 5.74) is 2.91. The summed E-state index contributed by atoms with van der Waals surface area (Å²) in [6, 6.07) is 0. The van der Waals surface area contributed by atoms with Crippen LogP contribution in [-0.4, -0.2) is 6.61 Å². The third-order valence-corrected chi connectivity index (χ3v) is 0.999. The molecule has 48 valence electrons. The Morgan fingerprint density at radius 1 is 1.70 bits per heavy atom. The normalized spacial score (nSPS) is 13.1. The molecule has 0 aromatic heterocycles. The summed E-state index contributed by atoms with van der Waals surface area (Å²) in [6.45, 7) is 2.70. The molecule has 0 radical (unpaired) electrons. The van der Waals surface area contributed by atoms with Crippen molar-refractivity contribution in [2.45, 2.75) is 6.92 Å². The van der Waals surface area contributed by atoms with E-state index in [1.165, 1.54) is 0 Å². The Hall–Kier alpha value is -0.473. The second-order valence-corrected chi connectivity index (χ2v) is 1.67. The number of ether oxygens (including phenoxy) is 1. The minimum Gasteiger partial charge on any atom is -0.519 e. The molecular formula is C8H9LiO. The molecule has 0 spiro atoms. The fourth-order valence-corrected chi connectivity index (χ4v) is 0.634. The summed E-state index contributed by atoms with van der Waals surface area (Å²) in [5, 5.41) is 0. The van der Waals surface area contributed by atoms with Crippen molar-refractivity contribution in [2.75, 3.05) is 6.61 Å². The van der Waals surface area contributed by atoms with Gasteiger partial charge in [-0.1, -0.05) is 0 Å². The van der Waals surface area contributed by atoms with Gasteiger partial charge in [0.1, 0.15) is 0 Å². The average molecular weight is 128 g/mol. The molecule has 2 heteroatoms. The monoisotopic (exact) mass is 128 g/mol. The maximum Gasteiger partial charge on any atom is 1.00 e. The van der Waals surface area contributed by atoms with Crippen molar-refractivity contribution >= 4 is 0 Å². The molecule has 0 saturated carbocycles. The number of hydrogen-bond acceptors (Lipinski definition) is 1. The van der Waals surface area contributed by atoms with E-state index < -0.39 is 0 Å². The second kappa shape index (κ2) is 5.32. The van der Waals surface area contributed by atoms with Crippen LogP contribution in [0.25, 0.3) is 0 Å². The Morgan fingerprint density at radius 2 is 2.50 bits per heavy atom. The molecule has 0 saturated heterocycles. The van der Waals surface area contributed by atoms with E-state index in [-0.39, 0.29) is 18.9 Å². The van der Waals surface area contributed by atoms with Gasteiger partial charge in [-0.05, 0) is 6.92 Å². The summed E-state index contributed by atoms with van der Waals surface area (Å²) >= 11 is 0. The standard InChI is InChI=1S/C8H9O.Li/c1-2-9-8-6-4-3-5-7-8;/h4-7H,2H2,1H3;/q-1;+1. The fourth-order valence-electron chi connectivity index (χ4n) is 0.634. The zero-order chi connectivity index (χ0) is 6.53. The van der Waals surface area contributed by atoms with Gasteiger partial charge in [-0.2, -0.15) is 0 Å². The third-order valence-electron chi connectivity index (χ3n) is 0.999. The number of hydrogen-bond donors (Lipinski definition) is 0. The van der Waals surface area contributed by atoms with Crippen LogP contribution in [0.2, 0.25) is 0 Å². The summed E-state index contributed by atoms with van der Waals surface area (Å²) in [6.07, 6.45) is 7.46. The van der Waals surface area contributed by atoms with Gasteiger partial charge in [0, 0.05) is 5.76 Å². The minimum absolute atomic E-state index is 0. The van der Waals surface area contributed by atoms with Crippen LogP contribution in [-0.2, 0) is 4.74 Å². The van der Waals surface area contributed by atoms with Crippen LogP contribution in [0, 0.1) is 6.42 Å². The van der Waals surface area contributed by atoms with Gasteiger partial charge in [0.25, 0.3) is 0 Å². The van der Waals surface area contributed by atoms with E-state index in [1.54, 1.807) is 0 Å². The summed E-state index contributed by atoms with van der Waals surface area (Å²) in [5.74, 6) is 0.913. The molecule has 10 heavy (non-hydrogen) atoms. The van der Waals surface area contributed by atoms with Crippen LogP contribution in [0.15, 0.2) is 29.7 Å². The summed E-state index contributed by atoms with van der Waals surface area (Å²) in [7, 11) is 0. The third kappa shape index (κ3) is 2.89. The van der Waals surface area contributed by atoms with Crippen LogP contribution in [0.1, 0.15) is 6.92 Å². The van der Waals surface area contributed by atoms with Gasteiger partial charge in [0.2, 0.25) is 0 Å². The first-order valence-electron chi connectivity index (χ1n) is 3.02. The van der Waals surface area contributed by atoms with Gasteiger partial charge in [0.15, 0.2) is 0 Å². The fraction of sp³-hybridized carbons (Fsp3) is 0.250. The molecule has 1 aliphatic rings. The van der Waals surface area contributed by atoms with Crippen molar-refractivity contribution in [3.05, 3.63) is 36.1 Å². The van der Waals surface area contributed by atoms with Gasteiger partial charge in [0.05, 0.1) is 6.61 Å². The Morgan fingerprint density at radius 3 is 3.00 bits per heavy atom.